The zero-order valence-electron chi connectivity index (χ0n) is 18.6. The van der Waals surface area contributed by atoms with Gasteiger partial charge in [0, 0.05) is 5.56 Å². The minimum absolute atomic E-state index is 0. The Hall–Kier alpha value is -2.33. The summed E-state index contributed by atoms with van der Waals surface area (Å²) in [5, 5.41) is 11.4. The summed E-state index contributed by atoms with van der Waals surface area (Å²) in [7, 11) is 0. The Balaban J connectivity index is 0.00000385. The lowest BCUT2D eigenvalue weighted by Crippen LogP contribution is -2.36. The molecule has 0 aliphatic carbocycles. The number of nitrogens with one attached hydrogen (secondary N) is 1. The molecule has 0 saturated carbocycles. The van der Waals surface area contributed by atoms with Crippen molar-refractivity contribution in [3.8, 4) is 17.1 Å². The highest BCUT2D eigenvalue weighted by Crippen LogP contribution is 2.39. The maximum atomic E-state index is 13.7. The van der Waals surface area contributed by atoms with E-state index in [1.54, 1.807) is 4.90 Å². The summed E-state index contributed by atoms with van der Waals surface area (Å²) in [6.07, 6.45) is 3.65. The fourth-order valence-corrected chi connectivity index (χ4v) is 3.86. The summed E-state index contributed by atoms with van der Waals surface area (Å²) in [6, 6.07) is 3.43. The number of nitrogens with zero attached hydrogens (tertiary/aromatic N) is 3. The van der Waals surface area contributed by atoms with Crippen LogP contribution in [0.4, 0.5) is 13.2 Å². The van der Waals surface area contributed by atoms with E-state index in [-0.39, 0.29) is 54.2 Å². The minimum atomic E-state index is -4.58. The van der Waals surface area contributed by atoms with Gasteiger partial charge >= 0.3 is 6.18 Å². The molecule has 1 aliphatic rings. The van der Waals surface area contributed by atoms with Crippen molar-refractivity contribution in [3.63, 3.8) is 0 Å². The second kappa shape index (κ2) is 12.2. The number of aromatic nitrogens is 2. The summed E-state index contributed by atoms with van der Waals surface area (Å²) >= 11 is 0. The fraction of sp³-hybridized carbons (Fsp3) is 0.591. The molecule has 3 rings (SSSR count). The third kappa shape index (κ3) is 6.83. The standard InChI is InChI=1S/C22H30F3N5O2.ClH/c1-2-3-4-5-6-7-12-31-18-10-8-15(13-16(18)22(23,24)25)20-28-21(32-29-20)17-9-11-19(27)30(17)14-26;/h8,10,13-14,17,19,26H,2-7,9,11-12,27H2,1H3;1H. The molecule has 2 aromatic rings. The Bertz CT molecular complexity index is 893. The number of rotatable bonds is 11. The molecule has 2 heterocycles. The summed E-state index contributed by atoms with van der Waals surface area (Å²) in [6.45, 7) is 2.37. The van der Waals surface area contributed by atoms with Gasteiger partial charge in [0.15, 0.2) is 0 Å². The number of hydrogen-bond acceptors (Lipinski definition) is 6. The first-order chi connectivity index (χ1) is 15.3. The highest BCUT2D eigenvalue weighted by Gasteiger charge is 2.36. The van der Waals surface area contributed by atoms with E-state index in [1.165, 1.54) is 18.6 Å². The van der Waals surface area contributed by atoms with E-state index in [9.17, 15) is 13.2 Å². The predicted octanol–water partition coefficient (Wildman–Crippen LogP) is 5.95. The van der Waals surface area contributed by atoms with Gasteiger partial charge in [0.05, 0.1) is 24.7 Å². The number of nitrogens with two attached hydrogens (primary N) is 1. The minimum Gasteiger partial charge on any atom is -0.493 e. The second-order valence-corrected chi connectivity index (χ2v) is 8.02. The van der Waals surface area contributed by atoms with Crippen molar-refractivity contribution in [2.24, 2.45) is 5.73 Å². The zero-order valence-corrected chi connectivity index (χ0v) is 19.4. The molecular weight excluding hydrogens is 459 g/mol. The molecule has 0 spiro atoms. The van der Waals surface area contributed by atoms with E-state index in [0.29, 0.717) is 19.3 Å². The van der Waals surface area contributed by atoms with Gasteiger partial charge in [-0.1, -0.05) is 44.2 Å². The number of ether oxygens (including phenoxy) is 1. The number of benzene rings is 1. The van der Waals surface area contributed by atoms with Crippen LogP contribution in [0.3, 0.4) is 0 Å². The molecule has 1 aromatic heterocycles. The molecule has 1 saturated heterocycles. The lowest BCUT2D eigenvalue weighted by molar-refractivity contribution is -0.138. The predicted molar refractivity (Wildman–Crippen MR) is 121 cm³/mol. The van der Waals surface area contributed by atoms with Gasteiger partial charge in [0.2, 0.25) is 11.7 Å². The van der Waals surface area contributed by atoms with Crippen molar-refractivity contribution in [2.45, 2.75) is 76.7 Å². The van der Waals surface area contributed by atoms with Gasteiger partial charge in [0.25, 0.3) is 0 Å². The average molecular weight is 490 g/mol. The average Bonchev–Trinajstić information content (AvgIpc) is 3.39. The van der Waals surface area contributed by atoms with Crippen LogP contribution in [0, 0.1) is 5.41 Å². The smallest absolute Gasteiger partial charge is 0.419 e. The van der Waals surface area contributed by atoms with Gasteiger partial charge in [-0.05, 0) is 37.5 Å². The quantitative estimate of drug-likeness (QED) is 0.230. The van der Waals surface area contributed by atoms with E-state index in [2.05, 4.69) is 17.1 Å². The molecule has 2 unspecified atom stereocenters. The van der Waals surface area contributed by atoms with E-state index in [1.807, 2.05) is 0 Å². The second-order valence-electron chi connectivity index (χ2n) is 8.02. The Morgan fingerprint density at radius 2 is 1.94 bits per heavy atom. The molecule has 1 fully saturated rings. The Labute approximate surface area is 197 Å². The van der Waals surface area contributed by atoms with Gasteiger partial charge < -0.3 is 19.9 Å². The van der Waals surface area contributed by atoms with Crippen LogP contribution >= 0.6 is 12.4 Å². The summed E-state index contributed by atoms with van der Waals surface area (Å²) in [5.74, 6) is 0.0852. The first-order valence-electron chi connectivity index (χ1n) is 11.1. The fourth-order valence-electron chi connectivity index (χ4n) is 3.86. The van der Waals surface area contributed by atoms with Gasteiger partial charge in [-0.2, -0.15) is 18.2 Å². The van der Waals surface area contributed by atoms with Crippen molar-refractivity contribution < 1.29 is 22.4 Å². The molecule has 0 radical (unpaired) electrons. The topological polar surface area (TPSA) is 101 Å². The van der Waals surface area contributed by atoms with Crippen LogP contribution in [-0.4, -0.2) is 34.2 Å². The number of hydrogen-bond donors (Lipinski definition) is 2. The normalized spacial score (nSPS) is 18.3. The van der Waals surface area contributed by atoms with Crippen LogP contribution in [0.1, 0.15) is 75.8 Å². The third-order valence-corrected chi connectivity index (χ3v) is 5.65. The van der Waals surface area contributed by atoms with Gasteiger partial charge in [0.1, 0.15) is 11.8 Å². The third-order valence-electron chi connectivity index (χ3n) is 5.65. The first kappa shape index (κ1) is 26.9. The molecule has 1 aliphatic heterocycles. The van der Waals surface area contributed by atoms with Crippen molar-refractivity contribution in [1.82, 2.24) is 15.0 Å². The van der Waals surface area contributed by atoms with E-state index in [0.717, 1.165) is 38.1 Å². The van der Waals surface area contributed by atoms with Crippen LogP contribution in [-0.2, 0) is 6.18 Å². The monoisotopic (exact) mass is 489 g/mol. The van der Waals surface area contributed by atoms with E-state index < -0.39 is 11.7 Å². The molecule has 1 aromatic carbocycles. The lowest BCUT2D eigenvalue weighted by Gasteiger charge is -2.22. The van der Waals surface area contributed by atoms with Gasteiger partial charge in [-0.25, -0.2) is 0 Å². The number of halogens is 4. The van der Waals surface area contributed by atoms with Gasteiger partial charge in [-0.15, -0.1) is 12.4 Å². The summed E-state index contributed by atoms with van der Waals surface area (Å²) in [4.78, 5) is 5.87. The van der Waals surface area contributed by atoms with E-state index >= 15 is 0 Å². The number of likely N-dealkylation sites (tertiary alicyclic amines) is 1. The largest absolute Gasteiger partial charge is 0.493 e. The van der Waals surface area contributed by atoms with Crippen molar-refractivity contribution in [1.29, 1.82) is 5.41 Å². The summed E-state index contributed by atoms with van der Waals surface area (Å²) in [5.41, 5.74) is 5.26. The molecule has 11 heteroatoms. The van der Waals surface area contributed by atoms with E-state index in [4.69, 9.17) is 20.4 Å². The highest BCUT2D eigenvalue weighted by molar-refractivity contribution is 5.85. The molecule has 0 amide bonds. The van der Waals surface area contributed by atoms with Crippen molar-refractivity contribution in [2.75, 3.05) is 6.61 Å². The van der Waals surface area contributed by atoms with Crippen molar-refractivity contribution in [3.05, 3.63) is 29.7 Å². The van der Waals surface area contributed by atoms with Crippen molar-refractivity contribution >= 4 is 18.7 Å². The maximum absolute atomic E-state index is 13.7. The molecule has 33 heavy (non-hydrogen) atoms. The Kier molecular flexibility index (Phi) is 9.97. The lowest BCUT2D eigenvalue weighted by atomic mass is 10.1. The SMILES string of the molecule is CCCCCCCCOc1ccc(-c2noc(C3CCC(N)N3C=N)n2)cc1C(F)(F)F.Cl. The Morgan fingerprint density at radius 1 is 1.21 bits per heavy atom. The molecule has 3 N–H and O–H groups in total. The highest BCUT2D eigenvalue weighted by atomic mass is 35.5. The molecular formula is C22H31ClF3N5O2. The maximum Gasteiger partial charge on any atom is 0.419 e. The van der Waals surface area contributed by atoms with Crippen LogP contribution in [0.5, 0.6) is 5.75 Å². The number of alkyl halides is 3. The van der Waals surface area contributed by atoms with Crippen LogP contribution in [0.15, 0.2) is 22.7 Å². The number of unbranched alkanes of at least 4 members (excludes halogenated alkanes) is 5. The molecule has 2 atom stereocenters. The van der Waals surface area contributed by atoms with Crippen LogP contribution in [0.2, 0.25) is 0 Å². The molecule has 7 nitrogen and oxygen atoms in total. The first-order valence-corrected chi connectivity index (χ1v) is 11.1. The molecule has 0 bridgehead atoms. The Morgan fingerprint density at radius 3 is 2.64 bits per heavy atom. The van der Waals surface area contributed by atoms with Crippen LogP contribution < -0.4 is 10.5 Å². The van der Waals surface area contributed by atoms with Crippen LogP contribution in [0.25, 0.3) is 11.4 Å². The van der Waals surface area contributed by atoms with Gasteiger partial charge in [-0.3, -0.25) is 5.41 Å². The molecule has 184 valence electrons. The summed E-state index contributed by atoms with van der Waals surface area (Å²) < 4.78 is 51.7. The zero-order chi connectivity index (χ0) is 23.1.